The van der Waals surface area contributed by atoms with E-state index in [0.717, 1.165) is 33.9 Å². The zero-order valence-electron chi connectivity index (χ0n) is 18.4. The number of amides is 1. The van der Waals surface area contributed by atoms with Gasteiger partial charge in [-0.1, -0.05) is 76.8 Å². The largest absolute Gasteiger partial charge is 0.507 e. The molecule has 3 aromatic rings. The maximum atomic E-state index is 12.4. The SMILES string of the molecule is Cc1ccc(-c2nnc(SCC(=O)N/N=C\c3cc(Br)ccc3O)n2C2CCCCC2)cc1. The molecule has 33 heavy (non-hydrogen) atoms. The van der Waals surface area contributed by atoms with E-state index >= 15 is 0 Å². The Morgan fingerprint density at radius 1 is 1.21 bits per heavy atom. The van der Waals surface area contributed by atoms with E-state index in [4.69, 9.17) is 0 Å². The van der Waals surface area contributed by atoms with Crippen LogP contribution in [0.4, 0.5) is 0 Å². The van der Waals surface area contributed by atoms with E-state index in [1.165, 1.54) is 42.8 Å². The van der Waals surface area contributed by atoms with Crippen molar-refractivity contribution < 1.29 is 9.90 Å². The van der Waals surface area contributed by atoms with E-state index in [1.54, 1.807) is 18.2 Å². The van der Waals surface area contributed by atoms with E-state index in [1.807, 2.05) is 0 Å². The second-order valence-electron chi connectivity index (χ2n) is 8.12. The number of thioether (sulfide) groups is 1. The number of aromatic nitrogens is 3. The molecule has 0 atom stereocenters. The van der Waals surface area contributed by atoms with Gasteiger partial charge in [-0.2, -0.15) is 5.10 Å². The molecule has 1 saturated carbocycles. The fraction of sp³-hybridized carbons (Fsp3) is 0.333. The lowest BCUT2D eigenvalue weighted by molar-refractivity contribution is -0.118. The van der Waals surface area contributed by atoms with Crippen molar-refractivity contribution in [3.8, 4) is 17.1 Å². The average molecular weight is 528 g/mol. The fourth-order valence-corrected chi connectivity index (χ4v) is 5.08. The van der Waals surface area contributed by atoms with Crippen molar-refractivity contribution in [3.63, 3.8) is 0 Å². The number of halogens is 1. The smallest absolute Gasteiger partial charge is 0.250 e. The van der Waals surface area contributed by atoms with Crippen LogP contribution in [0.3, 0.4) is 0 Å². The minimum atomic E-state index is -0.249. The molecule has 2 N–H and O–H groups in total. The van der Waals surface area contributed by atoms with Gasteiger partial charge in [0.05, 0.1) is 12.0 Å². The Bertz CT molecular complexity index is 1140. The van der Waals surface area contributed by atoms with Gasteiger partial charge in [0.1, 0.15) is 5.75 Å². The number of carbonyl (C=O) groups excluding carboxylic acids is 1. The fourth-order valence-electron chi connectivity index (χ4n) is 3.91. The van der Waals surface area contributed by atoms with Crippen LogP contribution in [-0.4, -0.2) is 37.7 Å². The summed E-state index contributed by atoms with van der Waals surface area (Å²) < 4.78 is 3.03. The predicted molar refractivity (Wildman–Crippen MR) is 135 cm³/mol. The molecule has 7 nitrogen and oxygen atoms in total. The number of benzene rings is 2. The van der Waals surface area contributed by atoms with Crippen molar-refractivity contribution in [2.24, 2.45) is 5.10 Å². The summed E-state index contributed by atoms with van der Waals surface area (Å²) in [6.45, 7) is 2.07. The minimum absolute atomic E-state index is 0.0924. The summed E-state index contributed by atoms with van der Waals surface area (Å²) in [5, 5.41) is 23.5. The van der Waals surface area contributed by atoms with Gasteiger partial charge in [-0.3, -0.25) is 9.36 Å². The number of nitrogens with one attached hydrogen (secondary N) is 1. The Morgan fingerprint density at radius 3 is 2.73 bits per heavy atom. The molecule has 1 aliphatic rings. The lowest BCUT2D eigenvalue weighted by Crippen LogP contribution is -2.20. The average Bonchev–Trinajstić information content (AvgIpc) is 3.25. The highest BCUT2D eigenvalue weighted by Crippen LogP contribution is 2.35. The molecule has 9 heteroatoms. The van der Waals surface area contributed by atoms with Crippen LogP contribution in [0, 0.1) is 6.92 Å². The van der Waals surface area contributed by atoms with Gasteiger partial charge < -0.3 is 5.11 Å². The second kappa shape index (κ2) is 11.0. The zero-order valence-corrected chi connectivity index (χ0v) is 20.8. The predicted octanol–water partition coefficient (Wildman–Crippen LogP) is 5.47. The normalized spacial score (nSPS) is 14.6. The van der Waals surface area contributed by atoms with E-state index in [2.05, 4.69) is 72.4 Å². The van der Waals surface area contributed by atoms with E-state index in [0.29, 0.717) is 11.6 Å². The molecule has 0 aliphatic heterocycles. The monoisotopic (exact) mass is 527 g/mol. The van der Waals surface area contributed by atoms with Crippen molar-refractivity contribution in [1.29, 1.82) is 0 Å². The Hall–Kier alpha value is -2.65. The molecule has 0 spiro atoms. The Morgan fingerprint density at radius 2 is 1.97 bits per heavy atom. The molecule has 1 heterocycles. The molecule has 1 amide bonds. The van der Waals surface area contributed by atoms with Crippen molar-refractivity contribution in [2.45, 2.75) is 50.2 Å². The van der Waals surface area contributed by atoms with Gasteiger partial charge in [0.2, 0.25) is 0 Å². The first-order chi connectivity index (χ1) is 16.0. The lowest BCUT2D eigenvalue weighted by atomic mass is 9.95. The number of nitrogens with zero attached hydrogens (tertiary/aromatic N) is 4. The summed E-state index contributed by atoms with van der Waals surface area (Å²) in [4.78, 5) is 12.4. The summed E-state index contributed by atoms with van der Waals surface area (Å²) in [6, 6.07) is 13.7. The van der Waals surface area contributed by atoms with Gasteiger partial charge in [0, 0.05) is 21.6 Å². The third-order valence-electron chi connectivity index (χ3n) is 5.63. The van der Waals surface area contributed by atoms with Crippen LogP contribution in [0.15, 0.2) is 57.2 Å². The number of hydrazone groups is 1. The van der Waals surface area contributed by atoms with Gasteiger partial charge in [0.25, 0.3) is 5.91 Å². The Balaban J connectivity index is 1.46. The number of hydrogen-bond donors (Lipinski definition) is 2. The van der Waals surface area contributed by atoms with Crippen LogP contribution in [0.5, 0.6) is 5.75 Å². The highest BCUT2D eigenvalue weighted by molar-refractivity contribution is 9.10. The second-order valence-corrected chi connectivity index (χ2v) is 9.98. The standard InChI is InChI=1S/C24H26BrN5O2S/c1-16-7-9-17(10-8-16)23-28-29-24(30(23)20-5-3-2-4-6-20)33-15-22(32)27-26-14-18-13-19(25)11-12-21(18)31/h7-14,20,31H,2-6,15H2,1H3,(H,27,32)/b26-14-. The molecule has 0 radical (unpaired) electrons. The van der Waals surface area contributed by atoms with Crippen molar-refractivity contribution in [3.05, 3.63) is 58.1 Å². The number of phenols is 1. The lowest BCUT2D eigenvalue weighted by Gasteiger charge is -2.25. The van der Waals surface area contributed by atoms with Gasteiger partial charge in [-0.15, -0.1) is 10.2 Å². The molecule has 0 unspecified atom stereocenters. The summed E-state index contributed by atoms with van der Waals surface area (Å²) in [5.41, 5.74) is 5.26. The van der Waals surface area contributed by atoms with Crippen molar-refractivity contribution in [2.75, 3.05) is 5.75 Å². The molecule has 172 valence electrons. The first-order valence-electron chi connectivity index (χ1n) is 11.0. The molecular weight excluding hydrogens is 502 g/mol. The first-order valence-corrected chi connectivity index (χ1v) is 12.7. The Kier molecular flexibility index (Phi) is 7.82. The van der Waals surface area contributed by atoms with Gasteiger partial charge in [-0.05, 0) is 38.0 Å². The molecule has 1 aliphatic carbocycles. The van der Waals surface area contributed by atoms with E-state index < -0.39 is 0 Å². The van der Waals surface area contributed by atoms with Crippen molar-refractivity contribution in [1.82, 2.24) is 20.2 Å². The van der Waals surface area contributed by atoms with Gasteiger partial charge in [-0.25, -0.2) is 5.43 Å². The molecule has 1 aromatic heterocycles. The summed E-state index contributed by atoms with van der Waals surface area (Å²) in [6.07, 6.45) is 7.25. The molecule has 4 rings (SSSR count). The molecule has 2 aromatic carbocycles. The van der Waals surface area contributed by atoms with Gasteiger partial charge in [0.15, 0.2) is 11.0 Å². The number of aryl methyl sites for hydroxylation is 1. The van der Waals surface area contributed by atoms with Crippen LogP contribution in [0.2, 0.25) is 0 Å². The van der Waals surface area contributed by atoms with Crippen LogP contribution in [0.1, 0.15) is 49.3 Å². The summed E-state index contributed by atoms with van der Waals surface area (Å²) in [5.74, 6) is 0.865. The van der Waals surface area contributed by atoms with Crippen LogP contribution in [-0.2, 0) is 4.79 Å². The minimum Gasteiger partial charge on any atom is -0.507 e. The van der Waals surface area contributed by atoms with Crippen LogP contribution in [0.25, 0.3) is 11.4 Å². The number of carbonyl (C=O) groups is 1. The number of rotatable bonds is 7. The molecule has 0 saturated heterocycles. The highest BCUT2D eigenvalue weighted by atomic mass is 79.9. The third kappa shape index (κ3) is 6.03. The Labute approximate surface area is 205 Å². The topological polar surface area (TPSA) is 92.4 Å². The van der Waals surface area contributed by atoms with Crippen LogP contribution < -0.4 is 5.43 Å². The van der Waals surface area contributed by atoms with Crippen LogP contribution >= 0.6 is 27.7 Å². The quantitative estimate of drug-likeness (QED) is 0.241. The van der Waals surface area contributed by atoms with E-state index in [-0.39, 0.29) is 17.4 Å². The molecule has 1 fully saturated rings. The zero-order chi connectivity index (χ0) is 23.2. The van der Waals surface area contributed by atoms with Gasteiger partial charge >= 0.3 is 0 Å². The summed E-state index contributed by atoms with van der Waals surface area (Å²) in [7, 11) is 0. The third-order valence-corrected chi connectivity index (χ3v) is 7.07. The molecule has 0 bridgehead atoms. The number of phenolic OH excluding ortho intramolecular Hbond substituents is 1. The number of aromatic hydroxyl groups is 1. The highest BCUT2D eigenvalue weighted by Gasteiger charge is 2.24. The maximum Gasteiger partial charge on any atom is 0.250 e. The van der Waals surface area contributed by atoms with E-state index in [9.17, 15) is 9.90 Å². The number of hydrogen-bond acceptors (Lipinski definition) is 6. The van der Waals surface area contributed by atoms with Crippen molar-refractivity contribution >= 4 is 39.8 Å². The maximum absolute atomic E-state index is 12.4. The summed E-state index contributed by atoms with van der Waals surface area (Å²) >= 11 is 4.72. The first kappa shape index (κ1) is 23.5. The molecular formula is C24H26BrN5O2S.